The number of hydrogen-bond donors (Lipinski definition) is 1. The van der Waals surface area contributed by atoms with E-state index in [-0.39, 0.29) is 0 Å². The third-order valence-electron chi connectivity index (χ3n) is 5.49. The van der Waals surface area contributed by atoms with E-state index in [9.17, 15) is 0 Å². The van der Waals surface area contributed by atoms with E-state index in [1.165, 1.54) is 34.6 Å². The number of fused-ring (bicyclic) bond motifs is 2. The zero-order valence-corrected chi connectivity index (χ0v) is 15.1. The smallest absolute Gasteiger partial charge is 0.255 e. The Morgan fingerprint density at radius 3 is 2.69 bits per heavy atom. The summed E-state index contributed by atoms with van der Waals surface area (Å²) in [6.45, 7) is 2.10. The number of hydrogen-bond acceptors (Lipinski definition) is 3. The monoisotopic (exact) mass is 343 g/mol. The van der Waals surface area contributed by atoms with Gasteiger partial charge in [0, 0.05) is 24.5 Å². The second-order valence-electron chi connectivity index (χ2n) is 7.14. The summed E-state index contributed by atoms with van der Waals surface area (Å²) >= 11 is 0. The Hall–Kier alpha value is -2.88. The molecule has 26 heavy (non-hydrogen) atoms. The molecule has 2 aromatic carbocycles. The van der Waals surface area contributed by atoms with Crippen LogP contribution in [-0.2, 0) is 6.42 Å². The molecular formula is C22H23N4+. The van der Waals surface area contributed by atoms with Crippen molar-refractivity contribution >= 4 is 33.9 Å². The van der Waals surface area contributed by atoms with E-state index < -0.39 is 0 Å². The van der Waals surface area contributed by atoms with Gasteiger partial charge in [0.1, 0.15) is 17.2 Å². The fraction of sp³-hybridized carbons (Fsp3) is 0.273. The molecule has 1 N–H and O–H groups in total. The first-order valence-corrected chi connectivity index (χ1v) is 9.39. The highest BCUT2D eigenvalue weighted by atomic mass is 15.2. The number of likely N-dealkylation sites (N-methyl/N-ethyl adjacent to an activating group) is 1. The second kappa shape index (κ2) is 6.13. The van der Waals surface area contributed by atoms with Gasteiger partial charge in [-0.1, -0.05) is 30.3 Å². The van der Waals surface area contributed by atoms with Crippen molar-refractivity contribution in [2.24, 2.45) is 0 Å². The van der Waals surface area contributed by atoms with Crippen LogP contribution in [0.3, 0.4) is 0 Å². The summed E-state index contributed by atoms with van der Waals surface area (Å²) in [5, 5.41) is 5.05. The zero-order valence-electron chi connectivity index (χ0n) is 15.1. The van der Waals surface area contributed by atoms with Gasteiger partial charge in [0.05, 0.1) is 18.5 Å². The molecule has 0 amide bonds. The van der Waals surface area contributed by atoms with Crippen molar-refractivity contribution in [1.29, 1.82) is 0 Å². The average molecular weight is 343 g/mol. The number of aromatic nitrogens is 1. The molecule has 4 nitrogen and oxygen atoms in total. The molecule has 0 fully saturated rings. The van der Waals surface area contributed by atoms with Crippen LogP contribution in [0.5, 0.6) is 0 Å². The van der Waals surface area contributed by atoms with Crippen LogP contribution in [0, 0.1) is 0 Å². The van der Waals surface area contributed by atoms with Gasteiger partial charge in [-0.05, 0) is 37.1 Å². The first-order chi connectivity index (χ1) is 12.8. The van der Waals surface area contributed by atoms with Gasteiger partial charge in [0.15, 0.2) is 0 Å². The number of para-hydroxylation sites is 2. The van der Waals surface area contributed by atoms with Crippen LogP contribution in [-0.4, -0.2) is 35.5 Å². The van der Waals surface area contributed by atoms with Crippen molar-refractivity contribution < 1.29 is 4.58 Å². The molecule has 3 aromatic rings. The lowest BCUT2D eigenvalue weighted by molar-refractivity contribution is -0.431. The molecule has 130 valence electrons. The number of nitrogens with one attached hydrogen (secondary N) is 1. The molecule has 5 rings (SSSR count). The maximum atomic E-state index is 4.91. The molecule has 2 aliphatic rings. The van der Waals surface area contributed by atoms with E-state index in [1.807, 2.05) is 0 Å². The number of anilines is 2. The normalized spacial score (nSPS) is 16.4. The van der Waals surface area contributed by atoms with Crippen LogP contribution in [0.2, 0.25) is 0 Å². The lowest BCUT2D eigenvalue weighted by atomic mass is 10.1. The Balaban J connectivity index is 1.66. The van der Waals surface area contributed by atoms with E-state index in [0.717, 1.165) is 37.3 Å². The molecule has 0 radical (unpaired) electrons. The maximum absolute atomic E-state index is 4.91. The number of amidine groups is 1. The molecular weight excluding hydrogens is 320 g/mol. The molecule has 0 saturated carbocycles. The molecule has 0 unspecified atom stereocenters. The van der Waals surface area contributed by atoms with Crippen LogP contribution in [0.1, 0.15) is 18.4 Å². The first kappa shape index (κ1) is 15.4. The Kier molecular flexibility index (Phi) is 3.63. The van der Waals surface area contributed by atoms with Crippen LogP contribution < -0.4 is 10.2 Å². The van der Waals surface area contributed by atoms with Crippen molar-refractivity contribution in [3.63, 3.8) is 0 Å². The lowest BCUT2D eigenvalue weighted by Crippen LogP contribution is -2.20. The van der Waals surface area contributed by atoms with Gasteiger partial charge in [0.25, 0.3) is 5.84 Å². The van der Waals surface area contributed by atoms with E-state index in [1.54, 1.807) is 0 Å². The first-order valence-electron chi connectivity index (χ1n) is 9.39. The standard InChI is InChI=1S/C22H22N4/c1-25-15-13-18-21(17-10-5-6-11-19(17)23-22(18)25)24-20-12-7-14-26(20)16-8-3-2-4-9-16/h2-6,8-11H,7,12-15H2,1H3/p+1. The molecule has 1 aromatic heterocycles. The van der Waals surface area contributed by atoms with Crippen molar-refractivity contribution in [3.05, 3.63) is 60.2 Å². The molecule has 0 saturated heterocycles. The largest absolute Gasteiger partial charge is 0.359 e. The minimum Gasteiger partial charge on any atom is -0.359 e. The molecule has 4 heteroatoms. The van der Waals surface area contributed by atoms with Crippen molar-refractivity contribution in [3.8, 4) is 0 Å². The highest BCUT2D eigenvalue weighted by Gasteiger charge is 2.29. The fourth-order valence-corrected chi connectivity index (χ4v) is 4.16. The summed E-state index contributed by atoms with van der Waals surface area (Å²) in [6.07, 6.45) is 3.31. The molecule has 0 bridgehead atoms. The number of nitrogens with zero attached hydrogens (tertiary/aromatic N) is 3. The van der Waals surface area contributed by atoms with Crippen molar-refractivity contribution in [2.45, 2.75) is 19.3 Å². The second-order valence-corrected chi connectivity index (χ2v) is 7.14. The van der Waals surface area contributed by atoms with Crippen LogP contribution >= 0.6 is 0 Å². The predicted octanol–water partition coefficient (Wildman–Crippen LogP) is 4.18. The van der Waals surface area contributed by atoms with Gasteiger partial charge < -0.3 is 4.90 Å². The topological polar surface area (TPSA) is 31.2 Å². The zero-order chi connectivity index (χ0) is 17.5. The van der Waals surface area contributed by atoms with Crippen LogP contribution in [0.4, 0.5) is 17.2 Å². The SMILES string of the molecule is CN1CCc2c1nc1ccccc1c2NC1=[N+](c2ccccc2)CCC1. The number of benzene rings is 2. The Labute approximate surface area is 153 Å². The summed E-state index contributed by atoms with van der Waals surface area (Å²) in [5.41, 5.74) is 4.92. The minimum absolute atomic E-state index is 1.03. The predicted molar refractivity (Wildman–Crippen MR) is 108 cm³/mol. The lowest BCUT2D eigenvalue weighted by Gasteiger charge is -2.14. The van der Waals surface area contributed by atoms with Gasteiger partial charge in [-0.2, -0.15) is 0 Å². The van der Waals surface area contributed by atoms with Crippen molar-refractivity contribution in [2.75, 3.05) is 30.4 Å². The quantitative estimate of drug-likeness (QED) is 0.709. The Morgan fingerprint density at radius 1 is 1.00 bits per heavy atom. The highest BCUT2D eigenvalue weighted by molar-refractivity contribution is 6.05. The Bertz CT molecular complexity index is 1010. The van der Waals surface area contributed by atoms with E-state index in [4.69, 9.17) is 4.98 Å². The minimum atomic E-state index is 1.03. The van der Waals surface area contributed by atoms with E-state index in [0.29, 0.717) is 0 Å². The summed E-state index contributed by atoms with van der Waals surface area (Å²) in [7, 11) is 2.14. The summed E-state index contributed by atoms with van der Waals surface area (Å²) in [4.78, 5) is 7.18. The summed E-state index contributed by atoms with van der Waals surface area (Å²) in [6, 6.07) is 19.2. The van der Waals surface area contributed by atoms with Gasteiger partial charge in [-0.3, -0.25) is 0 Å². The molecule has 3 heterocycles. The van der Waals surface area contributed by atoms with Gasteiger partial charge in [-0.15, -0.1) is 0 Å². The average Bonchev–Trinajstić information content (AvgIpc) is 3.29. The van der Waals surface area contributed by atoms with Crippen LogP contribution in [0.15, 0.2) is 54.6 Å². The highest BCUT2D eigenvalue weighted by Crippen LogP contribution is 2.37. The molecule has 0 aliphatic carbocycles. The molecule has 0 atom stereocenters. The summed E-state index contributed by atoms with van der Waals surface area (Å²) < 4.78 is 2.42. The van der Waals surface area contributed by atoms with E-state index in [2.05, 4.69) is 76.4 Å². The third kappa shape index (κ3) is 2.45. The molecule has 2 aliphatic heterocycles. The summed E-state index contributed by atoms with van der Waals surface area (Å²) in [5.74, 6) is 2.42. The fourth-order valence-electron chi connectivity index (χ4n) is 4.16. The maximum Gasteiger partial charge on any atom is 0.255 e. The van der Waals surface area contributed by atoms with Gasteiger partial charge >= 0.3 is 0 Å². The Morgan fingerprint density at radius 2 is 1.81 bits per heavy atom. The van der Waals surface area contributed by atoms with Gasteiger partial charge in [0.2, 0.25) is 0 Å². The van der Waals surface area contributed by atoms with E-state index >= 15 is 0 Å². The number of rotatable bonds is 2. The van der Waals surface area contributed by atoms with Crippen LogP contribution in [0.25, 0.3) is 10.9 Å². The molecule has 0 spiro atoms. The van der Waals surface area contributed by atoms with Crippen molar-refractivity contribution in [1.82, 2.24) is 4.98 Å². The third-order valence-corrected chi connectivity index (χ3v) is 5.49. The van der Waals surface area contributed by atoms with Gasteiger partial charge in [-0.25, -0.2) is 14.9 Å². The number of pyridine rings is 1.